The molecule has 2 amide bonds. The van der Waals surface area contributed by atoms with Crippen molar-refractivity contribution in [2.45, 2.75) is 51.3 Å². The van der Waals surface area contributed by atoms with E-state index >= 15 is 0 Å². The van der Waals surface area contributed by atoms with Crippen LogP contribution in [-0.4, -0.2) is 23.6 Å². The lowest BCUT2D eigenvalue weighted by Crippen LogP contribution is -2.45. The molecule has 1 atom stereocenters. The molecule has 0 spiro atoms. The molecule has 128 valence electrons. The van der Waals surface area contributed by atoms with Gasteiger partial charge in [-0.1, -0.05) is 44.2 Å². The van der Waals surface area contributed by atoms with Crippen LogP contribution in [0.25, 0.3) is 0 Å². The third kappa shape index (κ3) is 5.27. The standard InChI is InChI=1S/C18H23N3O3/c1-13(2)10-15(16(22)21-18(12-19)8-9-18)24-17(23)20-11-14-6-4-3-5-7-14/h3-7,13,15H,8-11H2,1-2H3,(H,20,23)(H,21,22). The van der Waals surface area contributed by atoms with Gasteiger partial charge < -0.3 is 15.4 Å². The lowest BCUT2D eigenvalue weighted by molar-refractivity contribution is -0.131. The number of carbonyl (C=O) groups is 2. The molecule has 1 fully saturated rings. The molecule has 1 aliphatic carbocycles. The highest BCUT2D eigenvalue weighted by Crippen LogP contribution is 2.34. The fraction of sp³-hybridized carbons (Fsp3) is 0.500. The highest BCUT2D eigenvalue weighted by Gasteiger charge is 2.46. The van der Waals surface area contributed by atoms with Gasteiger partial charge >= 0.3 is 6.09 Å². The fourth-order valence-electron chi connectivity index (χ4n) is 2.28. The minimum atomic E-state index is -0.897. The van der Waals surface area contributed by atoms with E-state index in [1.807, 2.05) is 44.2 Å². The maximum atomic E-state index is 12.3. The van der Waals surface area contributed by atoms with Gasteiger partial charge in [-0.05, 0) is 30.7 Å². The van der Waals surface area contributed by atoms with Crippen LogP contribution in [0.2, 0.25) is 0 Å². The monoisotopic (exact) mass is 329 g/mol. The van der Waals surface area contributed by atoms with Crippen LogP contribution < -0.4 is 10.6 Å². The summed E-state index contributed by atoms with van der Waals surface area (Å²) in [6.45, 7) is 4.23. The number of rotatable bonds is 7. The molecule has 0 heterocycles. The molecule has 1 saturated carbocycles. The molecule has 6 heteroatoms. The quantitative estimate of drug-likeness (QED) is 0.804. The topological polar surface area (TPSA) is 91.2 Å². The second-order valence-electron chi connectivity index (χ2n) is 6.55. The van der Waals surface area contributed by atoms with Crippen LogP contribution in [0, 0.1) is 17.2 Å². The van der Waals surface area contributed by atoms with E-state index in [2.05, 4.69) is 16.7 Å². The van der Waals surface area contributed by atoms with Crippen LogP contribution in [0.1, 0.15) is 38.7 Å². The number of ether oxygens (including phenoxy) is 1. The smallest absolute Gasteiger partial charge is 0.408 e. The van der Waals surface area contributed by atoms with Crippen LogP contribution >= 0.6 is 0 Å². The van der Waals surface area contributed by atoms with Crippen LogP contribution in [0.15, 0.2) is 30.3 Å². The molecule has 0 aliphatic heterocycles. The second-order valence-corrected chi connectivity index (χ2v) is 6.55. The van der Waals surface area contributed by atoms with Crippen LogP contribution in [-0.2, 0) is 16.1 Å². The van der Waals surface area contributed by atoms with Gasteiger partial charge in [0.1, 0.15) is 5.54 Å². The minimum absolute atomic E-state index is 0.180. The number of hydrogen-bond acceptors (Lipinski definition) is 4. The van der Waals surface area contributed by atoms with Crippen molar-refractivity contribution in [2.24, 2.45) is 5.92 Å². The number of nitriles is 1. The Kier molecular flexibility index (Phi) is 5.80. The van der Waals surface area contributed by atoms with E-state index in [-0.39, 0.29) is 5.92 Å². The zero-order valence-corrected chi connectivity index (χ0v) is 14.0. The number of hydrogen-bond donors (Lipinski definition) is 2. The average Bonchev–Trinajstić information content (AvgIpc) is 3.33. The normalized spacial score (nSPS) is 15.9. The predicted octanol–water partition coefficient (Wildman–Crippen LogP) is 2.50. The first-order chi connectivity index (χ1) is 11.4. The van der Waals surface area contributed by atoms with Gasteiger partial charge in [0.15, 0.2) is 6.10 Å². The Labute approximate surface area is 142 Å². The summed E-state index contributed by atoms with van der Waals surface area (Å²) < 4.78 is 5.29. The zero-order chi connectivity index (χ0) is 17.6. The Bertz CT molecular complexity index is 618. The Balaban J connectivity index is 1.89. The molecular formula is C18H23N3O3. The van der Waals surface area contributed by atoms with Crippen molar-refractivity contribution < 1.29 is 14.3 Å². The molecule has 1 aromatic carbocycles. The number of nitrogens with zero attached hydrogens (tertiary/aromatic N) is 1. The van der Waals surface area contributed by atoms with E-state index in [0.717, 1.165) is 5.56 Å². The van der Waals surface area contributed by atoms with Crippen LogP contribution in [0.5, 0.6) is 0 Å². The maximum absolute atomic E-state index is 12.3. The molecule has 24 heavy (non-hydrogen) atoms. The van der Waals surface area contributed by atoms with E-state index < -0.39 is 23.6 Å². The number of amides is 2. The highest BCUT2D eigenvalue weighted by atomic mass is 16.6. The van der Waals surface area contributed by atoms with Crippen molar-refractivity contribution in [2.75, 3.05) is 0 Å². The molecule has 0 saturated heterocycles. The largest absolute Gasteiger partial charge is 0.436 e. The van der Waals surface area contributed by atoms with Crippen molar-refractivity contribution in [1.82, 2.24) is 10.6 Å². The van der Waals surface area contributed by atoms with Gasteiger partial charge in [0, 0.05) is 6.54 Å². The highest BCUT2D eigenvalue weighted by molar-refractivity contribution is 5.84. The van der Waals surface area contributed by atoms with Crippen LogP contribution in [0.4, 0.5) is 4.79 Å². The van der Waals surface area contributed by atoms with E-state index in [0.29, 0.717) is 25.8 Å². The summed E-state index contributed by atoms with van der Waals surface area (Å²) in [5, 5.41) is 14.4. The molecule has 1 aromatic rings. The first kappa shape index (κ1) is 17.8. The lowest BCUT2D eigenvalue weighted by atomic mass is 10.0. The summed E-state index contributed by atoms with van der Waals surface area (Å²) in [7, 11) is 0. The fourth-order valence-corrected chi connectivity index (χ4v) is 2.28. The molecule has 0 radical (unpaired) electrons. The Morgan fingerprint density at radius 3 is 2.50 bits per heavy atom. The number of benzene rings is 1. The van der Waals surface area contributed by atoms with Gasteiger partial charge in [-0.2, -0.15) is 5.26 Å². The zero-order valence-electron chi connectivity index (χ0n) is 14.0. The number of carbonyl (C=O) groups excluding carboxylic acids is 2. The maximum Gasteiger partial charge on any atom is 0.408 e. The van der Waals surface area contributed by atoms with Gasteiger partial charge in [-0.15, -0.1) is 0 Å². The first-order valence-electron chi connectivity index (χ1n) is 8.16. The van der Waals surface area contributed by atoms with Gasteiger partial charge in [0.05, 0.1) is 6.07 Å². The molecule has 6 nitrogen and oxygen atoms in total. The van der Waals surface area contributed by atoms with E-state index in [4.69, 9.17) is 10.00 Å². The van der Waals surface area contributed by atoms with Crippen molar-refractivity contribution in [3.05, 3.63) is 35.9 Å². The number of alkyl carbamates (subject to hydrolysis) is 1. The first-order valence-corrected chi connectivity index (χ1v) is 8.16. The summed E-state index contributed by atoms with van der Waals surface area (Å²) >= 11 is 0. The SMILES string of the molecule is CC(C)CC(OC(=O)NCc1ccccc1)C(=O)NC1(C#N)CC1. The third-order valence-electron chi connectivity index (χ3n) is 3.83. The molecule has 0 bridgehead atoms. The summed E-state index contributed by atoms with van der Waals surface area (Å²) in [6, 6.07) is 11.5. The van der Waals surface area contributed by atoms with E-state index in [1.54, 1.807) is 0 Å². The van der Waals surface area contributed by atoms with E-state index in [1.165, 1.54) is 0 Å². The molecule has 2 N–H and O–H groups in total. The lowest BCUT2D eigenvalue weighted by Gasteiger charge is -2.21. The summed E-state index contributed by atoms with van der Waals surface area (Å²) in [6.07, 6.45) is 0.160. The Hall–Kier alpha value is -2.55. The van der Waals surface area contributed by atoms with Gasteiger partial charge in [0.2, 0.25) is 0 Å². The van der Waals surface area contributed by atoms with Crippen molar-refractivity contribution in [3.63, 3.8) is 0 Å². The number of nitrogens with one attached hydrogen (secondary N) is 2. The molecule has 2 rings (SSSR count). The Morgan fingerprint density at radius 1 is 1.29 bits per heavy atom. The second kappa shape index (κ2) is 7.82. The summed E-state index contributed by atoms with van der Waals surface area (Å²) in [5.41, 5.74) is 0.177. The molecule has 0 aromatic heterocycles. The predicted molar refractivity (Wildman–Crippen MR) is 88.7 cm³/mol. The van der Waals surface area contributed by atoms with Gasteiger partial charge in [0.25, 0.3) is 5.91 Å². The van der Waals surface area contributed by atoms with Gasteiger partial charge in [-0.3, -0.25) is 4.79 Å². The van der Waals surface area contributed by atoms with Crippen LogP contribution in [0.3, 0.4) is 0 Å². The summed E-state index contributed by atoms with van der Waals surface area (Å²) in [5.74, 6) is -0.225. The molecular weight excluding hydrogens is 306 g/mol. The van der Waals surface area contributed by atoms with Crippen molar-refractivity contribution in [1.29, 1.82) is 5.26 Å². The van der Waals surface area contributed by atoms with Crippen molar-refractivity contribution >= 4 is 12.0 Å². The average molecular weight is 329 g/mol. The third-order valence-corrected chi connectivity index (χ3v) is 3.83. The molecule has 1 aliphatic rings. The summed E-state index contributed by atoms with van der Waals surface area (Å²) in [4.78, 5) is 24.3. The Morgan fingerprint density at radius 2 is 1.96 bits per heavy atom. The van der Waals surface area contributed by atoms with Crippen molar-refractivity contribution in [3.8, 4) is 6.07 Å². The molecule has 1 unspecified atom stereocenters. The van der Waals surface area contributed by atoms with E-state index in [9.17, 15) is 9.59 Å². The minimum Gasteiger partial charge on any atom is -0.436 e. The van der Waals surface area contributed by atoms with Gasteiger partial charge in [-0.25, -0.2) is 4.79 Å².